The van der Waals surface area contributed by atoms with Gasteiger partial charge in [-0.2, -0.15) is 13.2 Å². The SMILES string of the molecule is CC1(c2ccc(S(=O)(=O)NCC(F)(F)F)cc2)NC(=O)N(CC(=O)c2ccc(F)cc2F)C1=O. The van der Waals surface area contributed by atoms with E-state index >= 15 is 0 Å². The number of imide groups is 1. The van der Waals surface area contributed by atoms with Gasteiger partial charge in [-0.3, -0.25) is 14.5 Å². The Bertz CT molecular complexity index is 1260. The van der Waals surface area contributed by atoms with Crippen LogP contribution in [-0.4, -0.2) is 50.3 Å². The summed E-state index contributed by atoms with van der Waals surface area (Å²) in [5.74, 6) is -3.98. The van der Waals surface area contributed by atoms with Gasteiger partial charge in [-0.05, 0) is 36.8 Å². The van der Waals surface area contributed by atoms with E-state index in [-0.39, 0.29) is 5.56 Å². The molecule has 2 aromatic carbocycles. The van der Waals surface area contributed by atoms with Gasteiger partial charge in [0, 0.05) is 6.07 Å². The summed E-state index contributed by atoms with van der Waals surface area (Å²) in [6.07, 6.45) is -4.77. The molecule has 3 amide bonds. The fourth-order valence-corrected chi connectivity index (χ4v) is 4.22. The first kappa shape index (κ1) is 25.2. The van der Waals surface area contributed by atoms with Crippen molar-refractivity contribution in [2.45, 2.75) is 23.5 Å². The highest BCUT2D eigenvalue weighted by Crippen LogP contribution is 2.30. The highest BCUT2D eigenvalue weighted by molar-refractivity contribution is 7.89. The monoisotopic (exact) mass is 505 g/mol. The number of halogens is 5. The molecule has 0 radical (unpaired) electrons. The van der Waals surface area contributed by atoms with Gasteiger partial charge in [0.2, 0.25) is 10.0 Å². The van der Waals surface area contributed by atoms with E-state index in [9.17, 15) is 44.8 Å². The fourth-order valence-electron chi connectivity index (χ4n) is 3.21. The molecule has 3 rings (SSSR count). The maximum absolute atomic E-state index is 13.9. The molecule has 1 heterocycles. The predicted octanol–water partition coefficient (Wildman–Crippen LogP) is 2.46. The number of carbonyl (C=O) groups is 3. The number of Topliss-reactive ketones (excluding diaryl/α,β-unsaturated/α-hetero) is 1. The summed E-state index contributed by atoms with van der Waals surface area (Å²) in [5.41, 5.74) is -2.21. The van der Waals surface area contributed by atoms with Crippen LogP contribution in [0.2, 0.25) is 0 Å². The lowest BCUT2D eigenvalue weighted by molar-refractivity contribution is -0.130. The minimum Gasteiger partial charge on any atom is -0.319 e. The number of ketones is 1. The first-order chi connectivity index (χ1) is 15.6. The second-order valence-corrected chi connectivity index (χ2v) is 9.22. The Morgan fingerprint density at radius 3 is 2.26 bits per heavy atom. The molecular formula is C20H16F5N3O5S. The highest BCUT2D eigenvalue weighted by atomic mass is 32.2. The number of nitrogens with one attached hydrogen (secondary N) is 2. The minimum atomic E-state index is -4.77. The van der Waals surface area contributed by atoms with Crippen molar-refractivity contribution in [2.75, 3.05) is 13.1 Å². The molecule has 0 aromatic heterocycles. The molecule has 0 aliphatic carbocycles. The van der Waals surface area contributed by atoms with Gasteiger partial charge in [0.1, 0.15) is 23.7 Å². The lowest BCUT2D eigenvalue weighted by Gasteiger charge is -2.22. The van der Waals surface area contributed by atoms with Gasteiger partial charge >= 0.3 is 12.2 Å². The summed E-state index contributed by atoms with van der Waals surface area (Å²) in [5, 5.41) is 2.35. The van der Waals surface area contributed by atoms with Crippen LogP contribution in [0.25, 0.3) is 0 Å². The molecule has 1 fully saturated rings. The van der Waals surface area contributed by atoms with E-state index < -0.39 is 74.6 Å². The van der Waals surface area contributed by atoms with Crippen molar-refractivity contribution in [3.63, 3.8) is 0 Å². The Morgan fingerprint density at radius 1 is 1.09 bits per heavy atom. The van der Waals surface area contributed by atoms with Crippen LogP contribution in [0.1, 0.15) is 22.8 Å². The van der Waals surface area contributed by atoms with Crippen LogP contribution in [0.3, 0.4) is 0 Å². The summed E-state index contributed by atoms with van der Waals surface area (Å²) in [7, 11) is -4.50. The molecular weight excluding hydrogens is 489 g/mol. The van der Waals surface area contributed by atoms with Gasteiger partial charge in [-0.25, -0.2) is 26.7 Å². The molecule has 1 unspecified atom stereocenters. The summed E-state index contributed by atoms with van der Waals surface area (Å²) < 4.78 is 89.3. The van der Waals surface area contributed by atoms with Crippen molar-refractivity contribution in [1.29, 1.82) is 0 Å². The normalized spacial score (nSPS) is 18.8. The molecule has 2 aromatic rings. The van der Waals surface area contributed by atoms with E-state index in [2.05, 4.69) is 5.32 Å². The molecule has 1 atom stereocenters. The van der Waals surface area contributed by atoms with Gasteiger partial charge in [-0.15, -0.1) is 0 Å². The van der Waals surface area contributed by atoms with Gasteiger partial charge in [0.15, 0.2) is 5.78 Å². The molecule has 14 heteroatoms. The Hall–Kier alpha value is -3.39. The number of rotatable bonds is 7. The topological polar surface area (TPSA) is 113 Å². The first-order valence-electron chi connectivity index (χ1n) is 9.43. The average Bonchev–Trinajstić information content (AvgIpc) is 2.96. The number of hydrogen-bond donors (Lipinski definition) is 2. The van der Waals surface area contributed by atoms with E-state index in [0.29, 0.717) is 11.0 Å². The van der Waals surface area contributed by atoms with Crippen LogP contribution in [0.15, 0.2) is 47.4 Å². The van der Waals surface area contributed by atoms with Crippen LogP contribution >= 0.6 is 0 Å². The van der Waals surface area contributed by atoms with Gasteiger partial charge in [-0.1, -0.05) is 12.1 Å². The minimum absolute atomic E-state index is 0.0727. The third kappa shape index (κ3) is 5.07. The number of urea groups is 1. The highest BCUT2D eigenvalue weighted by Gasteiger charge is 2.49. The number of hydrogen-bond acceptors (Lipinski definition) is 5. The Labute approximate surface area is 189 Å². The van der Waals surface area contributed by atoms with Crippen molar-refractivity contribution < 1.29 is 44.8 Å². The number of nitrogens with zero attached hydrogens (tertiary/aromatic N) is 1. The zero-order valence-electron chi connectivity index (χ0n) is 17.2. The molecule has 1 aliphatic heterocycles. The van der Waals surface area contributed by atoms with Crippen LogP contribution < -0.4 is 10.0 Å². The lowest BCUT2D eigenvalue weighted by Crippen LogP contribution is -2.41. The molecule has 34 heavy (non-hydrogen) atoms. The lowest BCUT2D eigenvalue weighted by atomic mass is 9.92. The summed E-state index contributed by atoms with van der Waals surface area (Å²) in [6, 6.07) is 5.31. The van der Waals surface area contributed by atoms with Crippen molar-refractivity contribution in [1.82, 2.24) is 14.9 Å². The third-order valence-corrected chi connectivity index (χ3v) is 6.43. The van der Waals surface area contributed by atoms with Crippen LogP contribution in [0.4, 0.5) is 26.7 Å². The standard InChI is InChI=1S/C20H16F5N3O5S/c1-19(11-2-5-13(6-3-11)34(32,33)26-10-20(23,24)25)17(30)28(18(31)27-19)9-16(29)14-7-4-12(21)8-15(14)22/h2-8,26H,9-10H2,1H3,(H,27,31). The zero-order valence-corrected chi connectivity index (χ0v) is 18.1. The van der Waals surface area contributed by atoms with Crippen molar-refractivity contribution in [3.8, 4) is 0 Å². The molecule has 2 N–H and O–H groups in total. The Kier molecular flexibility index (Phi) is 6.50. The molecule has 182 valence electrons. The molecule has 0 spiro atoms. The van der Waals surface area contributed by atoms with E-state index in [1.165, 1.54) is 11.6 Å². The molecule has 1 aliphatic rings. The van der Waals surface area contributed by atoms with Gasteiger partial charge < -0.3 is 5.32 Å². The number of alkyl halides is 3. The first-order valence-corrected chi connectivity index (χ1v) is 10.9. The van der Waals surface area contributed by atoms with E-state index in [4.69, 9.17) is 0 Å². The number of amides is 3. The zero-order chi connectivity index (χ0) is 25.5. The predicted molar refractivity (Wildman–Crippen MR) is 106 cm³/mol. The van der Waals surface area contributed by atoms with E-state index in [0.717, 1.165) is 36.4 Å². The average molecular weight is 505 g/mol. The second kappa shape index (κ2) is 8.76. The van der Waals surface area contributed by atoms with Crippen molar-refractivity contribution >= 4 is 27.7 Å². The quantitative estimate of drug-likeness (QED) is 0.341. The smallest absolute Gasteiger partial charge is 0.319 e. The largest absolute Gasteiger partial charge is 0.402 e. The number of benzene rings is 2. The maximum Gasteiger partial charge on any atom is 0.402 e. The van der Waals surface area contributed by atoms with Gasteiger partial charge in [0.25, 0.3) is 5.91 Å². The molecule has 8 nitrogen and oxygen atoms in total. The number of carbonyl (C=O) groups excluding carboxylic acids is 3. The van der Waals surface area contributed by atoms with Crippen molar-refractivity contribution in [2.24, 2.45) is 0 Å². The summed E-state index contributed by atoms with van der Waals surface area (Å²) >= 11 is 0. The van der Waals surface area contributed by atoms with Crippen molar-refractivity contribution in [3.05, 3.63) is 65.2 Å². The van der Waals surface area contributed by atoms with E-state index in [1.54, 1.807) is 0 Å². The fraction of sp³-hybridized carbons (Fsp3) is 0.250. The van der Waals surface area contributed by atoms with Crippen LogP contribution in [-0.2, 0) is 20.4 Å². The molecule has 0 saturated carbocycles. The Morgan fingerprint density at radius 2 is 1.71 bits per heavy atom. The second-order valence-electron chi connectivity index (χ2n) is 7.46. The Balaban J connectivity index is 1.79. The van der Waals surface area contributed by atoms with Crippen LogP contribution in [0, 0.1) is 11.6 Å². The summed E-state index contributed by atoms with van der Waals surface area (Å²) in [4.78, 5) is 37.6. The maximum atomic E-state index is 13.9. The van der Waals surface area contributed by atoms with Crippen LogP contribution in [0.5, 0.6) is 0 Å². The van der Waals surface area contributed by atoms with E-state index in [1.807, 2.05) is 0 Å². The third-order valence-electron chi connectivity index (χ3n) is 5.01. The number of sulfonamides is 1. The van der Waals surface area contributed by atoms with Gasteiger partial charge in [0.05, 0.1) is 17.0 Å². The molecule has 1 saturated heterocycles. The molecule has 0 bridgehead atoms. The summed E-state index contributed by atoms with van der Waals surface area (Å²) in [6.45, 7) is -1.36.